The van der Waals surface area contributed by atoms with Gasteiger partial charge < -0.3 is 0 Å². The van der Waals surface area contributed by atoms with Crippen molar-refractivity contribution < 1.29 is 0 Å². The molecule has 4 aromatic rings. The predicted molar refractivity (Wildman–Crippen MR) is 126 cm³/mol. The van der Waals surface area contributed by atoms with Crippen LogP contribution in [0.15, 0.2) is 66.7 Å². The van der Waals surface area contributed by atoms with Crippen molar-refractivity contribution >= 4 is 10.8 Å². The molecule has 0 saturated carbocycles. The quantitative estimate of drug-likeness (QED) is 0.279. The normalized spacial score (nSPS) is 17.0. The Hall–Kier alpha value is -3.30. The lowest BCUT2D eigenvalue weighted by Gasteiger charge is -2.27. The topological polar surface area (TPSA) is 0 Å². The largest absolute Gasteiger partial charge is 0.0622 e. The molecule has 0 spiro atoms. The lowest BCUT2D eigenvalue weighted by molar-refractivity contribution is 0.659. The molecular formula is C30H24. The summed E-state index contributed by atoms with van der Waals surface area (Å²) in [6.45, 7) is 9.36. The van der Waals surface area contributed by atoms with E-state index in [2.05, 4.69) is 88.1 Å². The number of aryl methyl sites for hydroxylation is 1. The molecule has 0 bridgehead atoms. The Labute approximate surface area is 178 Å². The summed E-state index contributed by atoms with van der Waals surface area (Å²) in [6.07, 6.45) is 0. The van der Waals surface area contributed by atoms with Crippen LogP contribution in [0.5, 0.6) is 0 Å². The summed E-state index contributed by atoms with van der Waals surface area (Å²) in [5.41, 5.74) is 12.3. The van der Waals surface area contributed by atoms with Gasteiger partial charge in [-0.05, 0) is 80.9 Å². The van der Waals surface area contributed by atoms with E-state index in [1.165, 1.54) is 49.7 Å². The van der Waals surface area contributed by atoms with E-state index in [1.54, 1.807) is 0 Å². The van der Waals surface area contributed by atoms with Gasteiger partial charge in [-0.2, -0.15) is 0 Å². The molecule has 0 heterocycles. The second-order valence-electron chi connectivity index (χ2n) is 9.34. The van der Waals surface area contributed by atoms with Gasteiger partial charge in [0.25, 0.3) is 0 Å². The van der Waals surface area contributed by atoms with Crippen molar-refractivity contribution in [2.45, 2.75) is 39.0 Å². The second kappa shape index (κ2) is 5.87. The minimum absolute atomic E-state index is 0.0139. The summed E-state index contributed by atoms with van der Waals surface area (Å²) < 4.78 is 0. The molecule has 1 atom stereocenters. The monoisotopic (exact) mass is 384 g/mol. The van der Waals surface area contributed by atoms with Gasteiger partial charge in [0.15, 0.2) is 0 Å². The third-order valence-electron chi connectivity index (χ3n) is 7.23. The molecule has 2 aliphatic carbocycles. The Bertz CT molecular complexity index is 1420. The number of benzene rings is 4. The summed E-state index contributed by atoms with van der Waals surface area (Å²) >= 11 is 0. The van der Waals surface area contributed by atoms with Crippen molar-refractivity contribution in [3.05, 3.63) is 106 Å². The van der Waals surface area contributed by atoms with Gasteiger partial charge in [-0.25, -0.2) is 0 Å². The van der Waals surface area contributed by atoms with Crippen molar-refractivity contribution in [3.63, 3.8) is 0 Å². The Morgan fingerprint density at radius 2 is 1.47 bits per heavy atom. The first-order chi connectivity index (χ1) is 14.5. The van der Waals surface area contributed by atoms with Crippen molar-refractivity contribution in [1.82, 2.24) is 0 Å². The van der Waals surface area contributed by atoms with Gasteiger partial charge in [-0.1, -0.05) is 75.1 Å². The molecule has 6 rings (SSSR count). The molecule has 0 aliphatic heterocycles. The zero-order valence-corrected chi connectivity index (χ0v) is 17.9. The van der Waals surface area contributed by atoms with Crippen LogP contribution >= 0.6 is 0 Å². The van der Waals surface area contributed by atoms with Crippen LogP contribution in [-0.2, 0) is 5.41 Å². The maximum Gasteiger partial charge on any atom is 0.0255 e. The maximum absolute atomic E-state index is 3.46. The van der Waals surface area contributed by atoms with Crippen LogP contribution in [0.25, 0.3) is 21.9 Å². The van der Waals surface area contributed by atoms with E-state index in [-0.39, 0.29) is 5.41 Å². The van der Waals surface area contributed by atoms with E-state index >= 15 is 0 Å². The van der Waals surface area contributed by atoms with Gasteiger partial charge >= 0.3 is 0 Å². The van der Waals surface area contributed by atoms with Gasteiger partial charge in [0.2, 0.25) is 0 Å². The van der Waals surface area contributed by atoms with Gasteiger partial charge in [0, 0.05) is 22.5 Å². The lowest BCUT2D eigenvalue weighted by atomic mass is 9.76. The molecule has 0 radical (unpaired) electrons. The lowest BCUT2D eigenvalue weighted by Crippen LogP contribution is -2.15. The smallest absolute Gasteiger partial charge is 0.0255 e. The highest BCUT2D eigenvalue weighted by Crippen LogP contribution is 2.58. The SMILES string of the molecule is Cc1cc2c3c4c(cccc14)C(C)c1cc(C#Cc4ccccc4)cc(c1-3)C2(C)C. The van der Waals surface area contributed by atoms with Crippen LogP contribution in [0.4, 0.5) is 0 Å². The van der Waals surface area contributed by atoms with Crippen molar-refractivity contribution in [2.24, 2.45) is 0 Å². The average Bonchev–Trinajstić information content (AvgIpc) is 2.98. The fourth-order valence-corrected chi connectivity index (χ4v) is 5.62. The van der Waals surface area contributed by atoms with Crippen LogP contribution < -0.4 is 0 Å². The zero-order valence-electron chi connectivity index (χ0n) is 17.9. The molecule has 2 aliphatic rings. The molecule has 4 aromatic carbocycles. The first-order valence-electron chi connectivity index (χ1n) is 10.8. The predicted octanol–water partition coefficient (Wildman–Crippen LogP) is 7.32. The van der Waals surface area contributed by atoms with E-state index in [0.717, 1.165) is 11.1 Å². The van der Waals surface area contributed by atoms with Crippen LogP contribution in [0.1, 0.15) is 65.6 Å². The summed E-state index contributed by atoms with van der Waals surface area (Å²) in [5, 5.41) is 2.88. The first-order valence-corrected chi connectivity index (χ1v) is 10.8. The van der Waals surface area contributed by atoms with Gasteiger partial charge in [-0.3, -0.25) is 0 Å². The van der Waals surface area contributed by atoms with Gasteiger partial charge in [-0.15, -0.1) is 0 Å². The fourth-order valence-electron chi connectivity index (χ4n) is 5.62. The molecule has 0 saturated heterocycles. The molecule has 0 N–H and O–H groups in total. The molecule has 0 nitrogen and oxygen atoms in total. The van der Waals surface area contributed by atoms with E-state index in [9.17, 15) is 0 Å². The van der Waals surface area contributed by atoms with Crippen LogP contribution in [-0.4, -0.2) is 0 Å². The van der Waals surface area contributed by atoms with Crippen LogP contribution in [0, 0.1) is 18.8 Å². The third-order valence-corrected chi connectivity index (χ3v) is 7.23. The van der Waals surface area contributed by atoms with Gasteiger partial charge in [0.05, 0.1) is 0 Å². The number of rotatable bonds is 0. The van der Waals surface area contributed by atoms with Crippen molar-refractivity contribution in [1.29, 1.82) is 0 Å². The molecule has 30 heavy (non-hydrogen) atoms. The fraction of sp³-hybridized carbons (Fsp3) is 0.200. The van der Waals surface area contributed by atoms with Crippen LogP contribution in [0.3, 0.4) is 0 Å². The molecule has 0 amide bonds. The highest BCUT2D eigenvalue weighted by atomic mass is 14.4. The summed E-state index contributed by atoms with van der Waals surface area (Å²) in [4.78, 5) is 0. The van der Waals surface area contributed by atoms with E-state index in [0.29, 0.717) is 5.92 Å². The molecule has 0 fully saturated rings. The maximum atomic E-state index is 3.46. The van der Waals surface area contributed by atoms with E-state index in [1.807, 2.05) is 18.2 Å². The highest BCUT2D eigenvalue weighted by Gasteiger charge is 2.42. The van der Waals surface area contributed by atoms with Gasteiger partial charge in [0.1, 0.15) is 0 Å². The molecule has 0 heteroatoms. The summed E-state index contributed by atoms with van der Waals surface area (Å²) in [7, 11) is 0. The summed E-state index contributed by atoms with van der Waals surface area (Å²) in [5.74, 6) is 7.19. The van der Waals surface area contributed by atoms with Crippen LogP contribution in [0.2, 0.25) is 0 Å². The summed E-state index contributed by atoms with van der Waals surface area (Å²) in [6, 6.07) is 24.2. The zero-order chi connectivity index (χ0) is 20.6. The van der Waals surface area contributed by atoms with E-state index in [4.69, 9.17) is 0 Å². The molecule has 0 aromatic heterocycles. The molecular weight excluding hydrogens is 360 g/mol. The standard InChI is InChI=1S/C30H24/c1-18-15-25-29-27-22(18)11-8-12-23(27)19(2)24-16-21(14-13-20-9-6-5-7-10-20)17-26(28(24)29)30(25,3)4/h5-12,15-17,19H,1-4H3. The minimum Gasteiger partial charge on any atom is -0.0622 e. The number of hydrogen-bond acceptors (Lipinski definition) is 0. The molecule has 144 valence electrons. The average molecular weight is 385 g/mol. The van der Waals surface area contributed by atoms with Crippen molar-refractivity contribution in [3.8, 4) is 23.0 Å². The highest BCUT2D eigenvalue weighted by molar-refractivity contribution is 6.08. The minimum atomic E-state index is -0.0139. The van der Waals surface area contributed by atoms with Crippen molar-refractivity contribution in [2.75, 3.05) is 0 Å². The van der Waals surface area contributed by atoms with E-state index < -0.39 is 0 Å². The Kier molecular flexibility index (Phi) is 3.43. The third kappa shape index (κ3) is 2.18. The Morgan fingerprint density at radius 3 is 2.27 bits per heavy atom. The number of hydrogen-bond donors (Lipinski definition) is 0. The second-order valence-corrected chi connectivity index (χ2v) is 9.34. The Morgan fingerprint density at radius 1 is 0.733 bits per heavy atom. The molecule has 1 unspecified atom stereocenters. The Balaban J connectivity index is 1.68. The first kappa shape index (κ1) is 17.5.